The Bertz CT molecular complexity index is 593. The minimum Gasteiger partial charge on any atom is -0.376 e. The van der Waals surface area contributed by atoms with Crippen LogP contribution >= 0.6 is 11.3 Å². The molecule has 0 spiro atoms. The number of hydrogen-bond donors (Lipinski definition) is 1. The second-order valence-electron chi connectivity index (χ2n) is 6.20. The number of aliphatic hydroxyl groups is 1. The zero-order valence-corrected chi connectivity index (χ0v) is 12.8. The van der Waals surface area contributed by atoms with Crippen LogP contribution in [0.2, 0.25) is 0 Å². The molecule has 0 saturated carbocycles. The quantitative estimate of drug-likeness (QED) is 0.947. The molecule has 1 N–H and O–H groups in total. The lowest BCUT2D eigenvalue weighted by atomic mass is 9.74. The van der Waals surface area contributed by atoms with Crippen LogP contribution in [-0.2, 0) is 5.60 Å². The third-order valence-electron chi connectivity index (χ3n) is 5.10. The van der Waals surface area contributed by atoms with Crippen LogP contribution in [-0.4, -0.2) is 34.1 Å². The Kier molecular flexibility index (Phi) is 3.32. The van der Waals surface area contributed by atoms with E-state index in [1.54, 1.807) is 17.5 Å². The van der Waals surface area contributed by atoms with Crippen LogP contribution in [0.1, 0.15) is 29.8 Å². The summed E-state index contributed by atoms with van der Waals surface area (Å²) in [4.78, 5) is 6.93. The lowest BCUT2D eigenvalue weighted by Crippen LogP contribution is -2.58. The van der Waals surface area contributed by atoms with Gasteiger partial charge in [0.2, 0.25) is 0 Å². The molecule has 3 saturated heterocycles. The molecule has 4 heteroatoms. The fourth-order valence-electron chi connectivity index (χ4n) is 3.96. The molecule has 110 valence electrons. The second kappa shape index (κ2) is 5.20. The molecule has 3 nitrogen and oxygen atoms in total. The molecule has 0 aliphatic carbocycles. The molecular formula is C17H20N2OS. The van der Waals surface area contributed by atoms with E-state index in [0.717, 1.165) is 36.0 Å². The Balaban J connectivity index is 1.81. The molecule has 2 bridgehead atoms. The largest absolute Gasteiger partial charge is 0.376 e. The maximum absolute atomic E-state index is 11.7. The van der Waals surface area contributed by atoms with Crippen LogP contribution in [0.5, 0.6) is 0 Å². The average molecular weight is 300 g/mol. The molecule has 1 aromatic carbocycles. The zero-order chi connectivity index (χ0) is 14.3. The first-order valence-corrected chi connectivity index (χ1v) is 8.58. The van der Waals surface area contributed by atoms with E-state index >= 15 is 0 Å². The van der Waals surface area contributed by atoms with Crippen molar-refractivity contribution in [3.8, 4) is 0 Å². The van der Waals surface area contributed by atoms with Crippen molar-refractivity contribution in [1.82, 2.24) is 9.88 Å². The molecule has 3 fully saturated rings. The Morgan fingerprint density at radius 2 is 1.95 bits per heavy atom. The van der Waals surface area contributed by atoms with Gasteiger partial charge in [-0.1, -0.05) is 30.3 Å². The van der Waals surface area contributed by atoms with E-state index in [9.17, 15) is 5.11 Å². The highest BCUT2D eigenvalue weighted by atomic mass is 32.1. The molecule has 2 aromatic rings. The molecular weight excluding hydrogens is 280 g/mol. The van der Waals surface area contributed by atoms with Gasteiger partial charge >= 0.3 is 0 Å². The Morgan fingerprint density at radius 1 is 1.19 bits per heavy atom. The summed E-state index contributed by atoms with van der Waals surface area (Å²) >= 11 is 1.56. The van der Waals surface area contributed by atoms with Crippen LogP contribution < -0.4 is 0 Å². The summed E-state index contributed by atoms with van der Waals surface area (Å²) in [5.41, 5.74) is -0.00775. The topological polar surface area (TPSA) is 36.4 Å². The number of fused-ring (bicyclic) bond motifs is 3. The maximum Gasteiger partial charge on any atom is 0.156 e. The highest BCUT2D eigenvalue weighted by molar-refractivity contribution is 7.09. The summed E-state index contributed by atoms with van der Waals surface area (Å²) in [5.74, 6) is 0.759. The van der Waals surface area contributed by atoms with Crippen molar-refractivity contribution in [2.75, 3.05) is 13.1 Å². The van der Waals surface area contributed by atoms with Gasteiger partial charge in [-0.3, -0.25) is 4.90 Å². The summed E-state index contributed by atoms with van der Waals surface area (Å²) in [6.07, 6.45) is 5.42. The number of piperidine rings is 3. The first kappa shape index (κ1) is 13.4. The van der Waals surface area contributed by atoms with Gasteiger partial charge in [0.1, 0.15) is 5.01 Å². The van der Waals surface area contributed by atoms with Gasteiger partial charge in [-0.2, -0.15) is 0 Å². The van der Waals surface area contributed by atoms with Crippen molar-refractivity contribution < 1.29 is 5.11 Å². The lowest BCUT2D eigenvalue weighted by Gasteiger charge is -2.51. The Labute approximate surface area is 129 Å². The van der Waals surface area contributed by atoms with E-state index in [-0.39, 0.29) is 6.04 Å². The minimum absolute atomic E-state index is 0.151. The molecule has 21 heavy (non-hydrogen) atoms. The number of nitrogens with zero attached hydrogens (tertiary/aromatic N) is 2. The van der Waals surface area contributed by atoms with Gasteiger partial charge in [0.05, 0.1) is 0 Å². The predicted molar refractivity (Wildman–Crippen MR) is 84.3 cm³/mol. The van der Waals surface area contributed by atoms with Gasteiger partial charge in [-0.25, -0.2) is 4.98 Å². The molecule has 0 radical (unpaired) electrons. The van der Waals surface area contributed by atoms with Crippen molar-refractivity contribution in [1.29, 1.82) is 0 Å². The normalized spacial score (nSPS) is 31.0. The molecule has 2 atom stereocenters. The molecule has 3 aliphatic heterocycles. The van der Waals surface area contributed by atoms with Crippen LogP contribution in [0.25, 0.3) is 0 Å². The van der Waals surface area contributed by atoms with Gasteiger partial charge in [0, 0.05) is 17.6 Å². The van der Waals surface area contributed by atoms with E-state index in [1.807, 2.05) is 35.7 Å². The van der Waals surface area contributed by atoms with Crippen LogP contribution in [0.4, 0.5) is 0 Å². The molecule has 1 aromatic heterocycles. The number of aromatic nitrogens is 1. The number of benzene rings is 1. The molecule has 0 unspecified atom stereocenters. The van der Waals surface area contributed by atoms with Gasteiger partial charge in [0.25, 0.3) is 0 Å². The highest BCUT2D eigenvalue weighted by Crippen LogP contribution is 2.44. The van der Waals surface area contributed by atoms with Crippen LogP contribution in [0.3, 0.4) is 0 Å². The summed E-state index contributed by atoms with van der Waals surface area (Å²) in [6, 6.07) is 10.2. The summed E-state index contributed by atoms with van der Waals surface area (Å²) < 4.78 is 0. The average Bonchev–Trinajstić information content (AvgIpc) is 3.11. The Hall–Kier alpha value is -1.23. The van der Waals surface area contributed by atoms with Gasteiger partial charge < -0.3 is 5.11 Å². The predicted octanol–water partition coefficient (Wildman–Crippen LogP) is 2.86. The fourth-order valence-corrected chi connectivity index (χ4v) is 4.77. The van der Waals surface area contributed by atoms with E-state index in [0.29, 0.717) is 0 Å². The van der Waals surface area contributed by atoms with Crippen LogP contribution in [0, 0.1) is 5.92 Å². The second-order valence-corrected chi connectivity index (χ2v) is 7.10. The first-order valence-electron chi connectivity index (χ1n) is 7.70. The van der Waals surface area contributed by atoms with Crippen molar-refractivity contribution in [2.45, 2.75) is 30.9 Å². The monoisotopic (exact) mass is 300 g/mol. The standard InChI is InChI=1S/C17H20N2OS/c20-17(16-18-8-11-21-16,14-4-2-1-3-5-14)15-12-13-6-9-19(15)10-7-13/h1-5,8,11,13,15,20H,6-7,9-10,12H2/t15-,17-/m0/s1. The minimum atomic E-state index is -0.978. The summed E-state index contributed by atoms with van der Waals surface area (Å²) in [7, 11) is 0. The molecule has 4 heterocycles. The highest BCUT2D eigenvalue weighted by Gasteiger charge is 2.49. The lowest BCUT2D eigenvalue weighted by molar-refractivity contribution is -0.0746. The number of rotatable bonds is 3. The van der Waals surface area contributed by atoms with Gasteiger partial charge in [-0.15, -0.1) is 11.3 Å². The molecule has 0 amide bonds. The smallest absolute Gasteiger partial charge is 0.156 e. The van der Waals surface area contributed by atoms with E-state index in [1.165, 1.54) is 12.8 Å². The van der Waals surface area contributed by atoms with Crippen molar-refractivity contribution >= 4 is 11.3 Å². The van der Waals surface area contributed by atoms with E-state index < -0.39 is 5.60 Å². The molecule has 5 rings (SSSR count). The van der Waals surface area contributed by atoms with E-state index in [2.05, 4.69) is 9.88 Å². The number of hydrogen-bond acceptors (Lipinski definition) is 4. The van der Waals surface area contributed by atoms with E-state index in [4.69, 9.17) is 0 Å². The third-order valence-corrected chi connectivity index (χ3v) is 6.00. The SMILES string of the molecule is O[C@](c1ccccc1)(c1nccs1)[C@@H]1CC2CCN1CC2. The van der Waals surface area contributed by atoms with Crippen molar-refractivity contribution in [3.05, 3.63) is 52.5 Å². The van der Waals surface area contributed by atoms with Crippen molar-refractivity contribution in [2.24, 2.45) is 5.92 Å². The summed E-state index contributed by atoms with van der Waals surface area (Å²) in [6.45, 7) is 2.21. The van der Waals surface area contributed by atoms with Crippen LogP contribution in [0.15, 0.2) is 41.9 Å². The molecule has 3 aliphatic rings. The number of thiazole rings is 1. The first-order chi connectivity index (χ1) is 10.3. The Morgan fingerprint density at radius 3 is 2.52 bits per heavy atom. The van der Waals surface area contributed by atoms with Crippen molar-refractivity contribution in [3.63, 3.8) is 0 Å². The third kappa shape index (κ3) is 2.13. The zero-order valence-electron chi connectivity index (χ0n) is 12.0. The van der Waals surface area contributed by atoms with Gasteiger partial charge in [0.15, 0.2) is 5.60 Å². The fraction of sp³-hybridized carbons (Fsp3) is 0.471. The summed E-state index contributed by atoms with van der Waals surface area (Å²) in [5, 5.41) is 14.5. The van der Waals surface area contributed by atoms with Gasteiger partial charge in [-0.05, 0) is 43.8 Å². The maximum atomic E-state index is 11.7.